The van der Waals surface area contributed by atoms with Crippen molar-refractivity contribution in [1.29, 1.82) is 0 Å². The highest BCUT2D eigenvalue weighted by Crippen LogP contribution is 2.25. The van der Waals surface area contributed by atoms with Gasteiger partial charge in [-0.3, -0.25) is 0 Å². The first kappa shape index (κ1) is 19.3. The summed E-state index contributed by atoms with van der Waals surface area (Å²) in [6.07, 6.45) is 0. The monoisotopic (exact) mass is 411 g/mol. The SMILES string of the molecule is CN(C)S(=O)(=O)c1ccc(CS(=O)(=O)Cc2ccc(Cl)c(Cl)c2)o1. The van der Waals surface area contributed by atoms with Gasteiger partial charge in [0.05, 0.1) is 15.8 Å². The number of hydrogen-bond donors (Lipinski definition) is 0. The van der Waals surface area contributed by atoms with E-state index in [0.717, 1.165) is 4.31 Å². The predicted molar refractivity (Wildman–Crippen MR) is 92.4 cm³/mol. The lowest BCUT2D eigenvalue weighted by atomic mass is 10.2. The zero-order valence-electron chi connectivity index (χ0n) is 12.9. The molecule has 1 aromatic carbocycles. The van der Waals surface area contributed by atoms with Crippen molar-refractivity contribution in [2.75, 3.05) is 14.1 Å². The van der Waals surface area contributed by atoms with Crippen LogP contribution in [0, 0.1) is 0 Å². The van der Waals surface area contributed by atoms with Gasteiger partial charge in [0.25, 0.3) is 10.0 Å². The van der Waals surface area contributed by atoms with E-state index in [4.69, 9.17) is 27.6 Å². The maximum atomic E-state index is 12.3. The summed E-state index contributed by atoms with van der Waals surface area (Å²) in [6, 6.07) is 7.13. The third kappa shape index (κ3) is 4.52. The molecule has 1 aromatic heterocycles. The Labute approximate surface area is 150 Å². The van der Waals surface area contributed by atoms with Crippen LogP contribution in [0.5, 0.6) is 0 Å². The molecule has 10 heteroatoms. The zero-order valence-corrected chi connectivity index (χ0v) is 16.0. The molecule has 0 fully saturated rings. The normalized spacial score (nSPS) is 12.7. The predicted octanol–water partition coefficient (Wildman–Crippen LogP) is 2.95. The van der Waals surface area contributed by atoms with Crippen molar-refractivity contribution in [2.45, 2.75) is 16.6 Å². The van der Waals surface area contributed by atoms with Crippen LogP contribution >= 0.6 is 23.2 Å². The third-order valence-corrected chi connectivity index (χ3v) is 7.03. The Kier molecular flexibility index (Phi) is 5.66. The first-order chi connectivity index (χ1) is 11.0. The Morgan fingerprint density at radius 1 is 0.958 bits per heavy atom. The Morgan fingerprint density at radius 2 is 1.62 bits per heavy atom. The highest BCUT2D eigenvalue weighted by molar-refractivity contribution is 7.90. The maximum Gasteiger partial charge on any atom is 0.275 e. The van der Waals surface area contributed by atoms with Crippen LogP contribution < -0.4 is 0 Å². The van der Waals surface area contributed by atoms with Gasteiger partial charge in [0.1, 0.15) is 11.5 Å². The lowest BCUT2D eigenvalue weighted by Crippen LogP contribution is -2.21. The van der Waals surface area contributed by atoms with E-state index in [2.05, 4.69) is 0 Å². The molecule has 0 saturated carbocycles. The highest BCUT2D eigenvalue weighted by Gasteiger charge is 2.23. The van der Waals surface area contributed by atoms with Crippen molar-refractivity contribution in [3.05, 3.63) is 51.7 Å². The number of sulfone groups is 1. The van der Waals surface area contributed by atoms with Crippen molar-refractivity contribution >= 4 is 43.1 Å². The van der Waals surface area contributed by atoms with Gasteiger partial charge in [0, 0.05) is 14.1 Å². The van der Waals surface area contributed by atoms with Gasteiger partial charge in [0.15, 0.2) is 9.84 Å². The molecular formula is C14H15Cl2NO5S2. The molecule has 2 aromatic rings. The van der Waals surface area contributed by atoms with Crippen LogP contribution in [-0.4, -0.2) is 35.2 Å². The van der Waals surface area contributed by atoms with Crippen molar-refractivity contribution < 1.29 is 21.3 Å². The number of hydrogen-bond acceptors (Lipinski definition) is 5. The largest absolute Gasteiger partial charge is 0.447 e. The first-order valence-corrected chi connectivity index (χ1v) is 10.7. The van der Waals surface area contributed by atoms with Crippen LogP contribution in [0.1, 0.15) is 11.3 Å². The smallest absolute Gasteiger partial charge is 0.275 e. The van der Waals surface area contributed by atoms with Gasteiger partial charge in [-0.05, 0) is 29.8 Å². The van der Waals surface area contributed by atoms with Gasteiger partial charge in [-0.25, -0.2) is 21.1 Å². The molecule has 0 aliphatic heterocycles. The average Bonchev–Trinajstić information content (AvgIpc) is 2.90. The summed E-state index contributed by atoms with van der Waals surface area (Å²) < 4.78 is 54.5. The van der Waals surface area contributed by atoms with Gasteiger partial charge in [-0.15, -0.1) is 0 Å². The molecule has 0 N–H and O–H groups in total. The van der Waals surface area contributed by atoms with E-state index in [-0.39, 0.29) is 21.6 Å². The Bertz CT molecular complexity index is 949. The van der Waals surface area contributed by atoms with Crippen molar-refractivity contribution in [3.63, 3.8) is 0 Å². The van der Waals surface area contributed by atoms with Gasteiger partial charge >= 0.3 is 0 Å². The second-order valence-electron chi connectivity index (χ2n) is 5.29. The van der Waals surface area contributed by atoms with E-state index in [9.17, 15) is 16.8 Å². The molecule has 0 spiro atoms. The molecule has 24 heavy (non-hydrogen) atoms. The lowest BCUT2D eigenvalue weighted by molar-refractivity contribution is 0.406. The molecule has 6 nitrogen and oxygen atoms in total. The van der Waals surface area contributed by atoms with E-state index in [1.165, 1.54) is 38.4 Å². The summed E-state index contributed by atoms with van der Waals surface area (Å²) in [5.74, 6) is -0.633. The number of benzene rings is 1. The number of halogens is 2. The van der Waals surface area contributed by atoms with E-state index >= 15 is 0 Å². The van der Waals surface area contributed by atoms with Crippen LogP contribution in [0.3, 0.4) is 0 Å². The van der Waals surface area contributed by atoms with E-state index in [1.807, 2.05) is 0 Å². The summed E-state index contributed by atoms with van der Waals surface area (Å²) in [6.45, 7) is 0. The van der Waals surface area contributed by atoms with E-state index in [0.29, 0.717) is 10.6 Å². The number of nitrogens with zero attached hydrogens (tertiary/aromatic N) is 1. The molecule has 0 amide bonds. The van der Waals surface area contributed by atoms with Crippen LogP contribution in [0.2, 0.25) is 10.0 Å². The van der Waals surface area contributed by atoms with E-state index < -0.39 is 25.6 Å². The molecule has 0 radical (unpaired) electrons. The molecule has 0 aliphatic carbocycles. The zero-order chi connectivity index (χ0) is 18.1. The van der Waals surface area contributed by atoms with Crippen molar-refractivity contribution in [1.82, 2.24) is 4.31 Å². The second-order valence-corrected chi connectivity index (χ2v) is 10.3. The number of sulfonamides is 1. The fourth-order valence-corrected chi connectivity index (χ4v) is 4.42. The number of furan rings is 1. The van der Waals surface area contributed by atoms with Gasteiger partial charge < -0.3 is 4.42 Å². The van der Waals surface area contributed by atoms with Crippen LogP contribution in [-0.2, 0) is 31.4 Å². The summed E-state index contributed by atoms with van der Waals surface area (Å²) >= 11 is 11.7. The standard InChI is InChI=1S/C14H15Cl2NO5S2/c1-17(2)24(20,21)14-6-4-11(22-14)9-23(18,19)8-10-3-5-12(15)13(16)7-10/h3-7H,8-9H2,1-2H3. The molecule has 0 saturated heterocycles. The summed E-state index contributed by atoms with van der Waals surface area (Å²) in [5, 5.41) is 0.302. The molecule has 132 valence electrons. The molecule has 0 atom stereocenters. The third-order valence-electron chi connectivity index (χ3n) is 3.10. The Morgan fingerprint density at radius 3 is 2.21 bits per heavy atom. The van der Waals surface area contributed by atoms with Crippen molar-refractivity contribution in [2.24, 2.45) is 0 Å². The minimum absolute atomic E-state index is 0.0514. The van der Waals surface area contributed by atoms with Gasteiger partial charge in [-0.1, -0.05) is 29.3 Å². The van der Waals surface area contributed by atoms with Crippen LogP contribution in [0.25, 0.3) is 0 Å². The fraction of sp³-hybridized carbons (Fsp3) is 0.286. The maximum absolute atomic E-state index is 12.3. The molecule has 0 aliphatic rings. The molecular weight excluding hydrogens is 397 g/mol. The highest BCUT2D eigenvalue weighted by atomic mass is 35.5. The minimum atomic E-state index is -3.74. The summed E-state index contributed by atoms with van der Waals surface area (Å²) in [7, 11) is -4.60. The van der Waals surface area contributed by atoms with Gasteiger partial charge in [-0.2, -0.15) is 0 Å². The van der Waals surface area contributed by atoms with E-state index in [1.54, 1.807) is 6.07 Å². The summed E-state index contributed by atoms with van der Waals surface area (Å²) in [4.78, 5) is 0. The lowest BCUT2D eigenvalue weighted by Gasteiger charge is -2.08. The fourth-order valence-electron chi connectivity index (χ4n) is 1.91. The van der Waals surface area contributed by atoms with Crippen molar-refractivity contribution in [3.8, 4) is 0 Å². The topological polar surface area (TPSA) is 84.7 Å². The number of rotatable bonds is 6. The quantitative estimate of drug-likeness (QED) is 0.729. The Hall–Kier alpha value is -1.06. The second kappa shape index (κ2) is 7.05. The van der Waals surface area contributed by atoms with Crippen LogP contribution in [0.15, 0.2) is 39.8 Å². The van der Waals surface area contributed by atoms with Gasteiger partial charge in [0.2, 0.25) is 5.09 Å². The Balaban J connectivity index is 2.18. The summed E-state index contributed by atoms with van der Waals surface area (Å²) in [5.41, 5.74) is 0.483. The molecule has 0 unspecified atom stereocenters. The van der Waals surface area contributed by atoms with Crippen LogP contribution in [0.4, 0.5) is 0 Å². The molecule has 2 rings (SSSR count). The minimum Gasteiger partial charge on any atom is -0.447 e. The molecule has 0 bridgehead atoms. The average molecular weight is 412 g/mol. The first-order valence-electron chi connectivity index (χ1n) is 6.67. The molecule has 1 heterocycles.